The molecule has 2 nitrogen and oxygen atoms in total. The molecule has 2 heteroatoms. The quantitative estimate of drug-likeness (QED) is 0.488. The lowest BCUT2D eigenvalue weighted by Gasteiger charge is -2.46. The third kappa shape index (κ3) is 4.23. The summed E-state index contributed by atoms with van der Waals surface area (Å²) in [6.45, 7) is 15.8. The molecule has 0 N–H and O–H groups in total. The van der Waals surface area contributed by atoms with E-state index < -0.39 is 0 Å². The highest BCUT2D eigenvalue weighted by Gasteiger charge is 2.51. The molecule has 0 bridgehead atoms. The van der Waals surface area contributed by atoms with Crippen molar-refractivity contribution in [3.63, 3.8) is 0 Å². The van der Waals surface area contributed by atoms with Crippen LogP contribution in [0.15, 0.2) is 0 Å². The van der Waals surface area contributed by atoms with Crippen LogP contribution >= 0.6 is 0 Å². The molecular weight excluding hydrogens is 248 g/mol. The van der Waals surface area contributed by atoms with Crippen molar-refractivity contribution in [3.05, 3.63) is 0 Å². The molecule has 0 amide bonds. The Kier molecular flexibility index (Phi) is 8.46. The predicted molar refractivity (Wildman–Crippen MR) is 86.7 cm³/mol. The summed E-state index contributed by atoms with van der Waals surface area (Å²) in [6.07, 6.45) is 6.01. The van der Waals surface area contributed by atoms with Crippen molar-refractivity contribution in [2.75, 3.05) is 6.61 Å². The Labute approximate surface area is 126 Å². The average Bonchev–Trinajstić information content (AvgIpc) is 2.43. The molecule has 0 fully saturated rings. The Morgan fingerprint density at radius 1 is 1.00 bits per heavy atom. The first-order chi connectivity index (χ1) is 9.33. The summed E-state index contributed by atoms with van der Waals surface area (Å²) in [5.41, 5.74) is -0.276. The molecule has 0 saturated heterocycles. The number of rotatable bonds is 10. The SMILES string of the molecule is CCCC(CCC)(C(=O)OCC(C)C)C(C)(CC)CC. The van der Waals surface area contributed by atoms with Gasteiger partial charge in [0.2, 0.25) is 0 Å². The van der Waals surface area contributed by atoms with Crippen molar-refractivity contribution in [2.24, 2.45) is 16.7 Å². The van der Waals surface area contributed by atoms with E-state index in [1.807, 2.05) is 0 Å². The maximum Gasteiger partial charge on any atom is 0.312 e. The van der Waals surface area contributed by atoms with E-state index in [4.69, 9.17) is 4.74 Å². The van der Waals surface area contributed by atoms with Crippen LogP contribution in [0.1, 0.15) is 87.0 Å². The lowest BCUT2D eigenvalue weighted by molar-refractivity contribution is -0.169. The van der Waals surface area contributed by atoms with Crippen molar-refractivity contribution in [3.8, 4) is 0 Å². The number of hydrogen-bond donors (Lipinski definition) is 0. The molecule has 0 aliphatic carbocycles. The lowest BCUT2D eigenvalue weighted by atomic mass is 9.57. The van der Waals surface area contributed by atoms with Gasteiger partial charge in [0, 0.05) is 0 Å². The summed E-state index contributed by atoms with van der Waals surface area (Å²) in [5, 5.41) is 0. The molecule has 0 aromatic carbocycles. The van der Waals surface area contributed by atoms with Crippen LogP contribution < -0.4 is 0 Å². The minimum Gasteiger partial charge on any atom is -0.465 e. The number of carbonyl (C=O) groups excluding carboxylic acids is 1. The zero-order chi connectivity index (χ0) is 15.8. The fourth-order valence-corrected chi connectivity index (χ4v) is 3.34. The number of hydrogen-bond acceptors (Lipinski definition) is 2. The number of carbonyl (C=O) groups is 1. The second-order valence-corrected chi connectivity index (χ2v) is 6.84. The Balaban J connectivity index is 5.45. The van der Waals surface area contributed by atoms with Gasteiger partial charge >= 0.3 is 5.97 Å². The van der Waals surface area contributed by atoms with Gasteiger partial charge in [-0.25, -0.2) is 0 Å². The first-order valence-electron chi connectivity index (χ1n) is 8.50. The van der Waals surface area contributed by atoms with Gasteiger partial charge in [-0.3, -0.25) is 4.79 Å². The Bertz CT molecular complexity index is 271. The van der Waals surface area contributed by atoms with E-state index >= 15 is 0 Å². The van der Waals surface area contributed by atoms with E-state index in [1.54, 1.807) is 0 Å². The van der Waals surface area contributed by atoms with Gasteiger partial charge in [-0.15, -0.1) is 0 Å². The van der Waals surface area contributed by atoms with Crippen LogP contribution in [0.4, 0.5) is 0 Å². The van der Waals surface area contributed by atoms with Gasteiger partial charge in [0.1, 0.15) is 0 Å². The van der Waals surface area contributed by atoms with E-state index in [0.717, 1.165) is 38.5 Å². The second-order valence-electron chi connectivity index (χ2n) is 6.84. The van der Waals surface area contributed by atoms with Crippen LogP contribution in [0.2, 0.25) is 0 Å². The van der Waals surface area contributed by atoms with Crippen molar-refractivity contribution in [2.45, 2.75) is 87.0 Å². The van der Waals surface area contributed by atoms with Crippen molar-refractivity contribution < 1.29 is 9.53 Å². The van der Waals surface area contributed by atoms with Gasteiger partial charge in [-0.05, 0) is 37.0 Å². The standard InChI is InChI=1S/C18H36O2/c1-8-12-18(13-9-2,17(7,10-3)11-4)16(19)20-14-15(5)6/h15H,8-14H2,1-7H3. The van der Waals surface area contributed by atoms with Crippen LogP contribution in [-0.4, -0.2) is 12.6 Å². The van der Waals surface area contributed by atoms with Gasteiger partial charge in [0.05, 0.1) is 12.0 Å². The van der Waals surface area contributed by atoms with Crippen molar-refractivity contribution in [1.82, 2.24) is 0 Å². The van der Waals surface area contributed by atoms with Gasteiger partial charge in [0.15, 0.2) is 0 Å². The Hall–Kier alpha value is -0.530. The first kappa shape index (κ1) is 19.5. The highest BCUT2D eigenvalue weighted by Crippen LogP contribution is 2.51. The molecule has 0 radical (unpaired) electrons. The highest BCUT2D eigenvalue weighted by atomic mass is 16.5. The zero-order valence-corrected chi connectivity index (χ0v) is 14.8. The fourth-order valence-electron chi connectivity index (χ4n) is 3.34. The topological polar surface area (TPSA) is 26.3 Å². The van der Waals surface area contributed by atoms with Gasteiger partial charge in [-0.2, -0.15) is 0 Å². The molecule has 0 aliphatic rings. The minimum atomic E-state index is -0.311. The average molecular weight is 284 g/mol. The summed E-state index contributed by atoms with van der Waals surface area (Å²) in [7, 11) is 0. The third-order valence-corrected chi connectivity index (χ3v) is 5.01. The van der Waals surface area contributed by atoms with Crippen LogP contribution in [0.25, 0.3) is 0 Å². The third-order valence-electron chi connectivity index (χ3n) is 5.01. The van der Waals surface area contributed by atoms with Crippen LogP contribution in [0, 0.1) is 16.7 Å². The number of ether oxygens (including phenoxy) is 1. The summed E-state index contributed by atoms with van der Waals surface area (Å²) in [6, 6.07) is 0. The largest absolute Gasteiger partial charge is 0.465 e. The van der Waals surface area contributed by atoms with Crippen molar-refractivity contribution >= 4 is 5.97 Å². The maximum absolute atomic E-state index is 12.9. The van der Waals surface area contributed by atoms with Crippen LogP contribution in [0.5, 0.6) is 0 Å². The predicted octanol–water partition coefficient (Wildman–Crippen LogP) is 5.60. The van der Waals surface area contributed by atoms with E-state index in [1.165, 1.54) is 0 Å². The molecule has 0 spiro atoms. The smallest absolute Gasteiger partial charge is 0.312 e. The first-order valence-corrected chi connectivity index (χ1v) is 8.50. The minimum absolute atomic E-state index is 0.0348. The Morgan fingerprint density at radius 2 is 1.45 bits per heavy atom. The van der Waals surface area contributed by atoms with E-state index in [-0.39, 0.29) is 16.8 Å². The second kappa shape index (κ2) is 8.69. The monoisotopic (exact) mass is 284 g/mol. The molecule has 0 aliphatic heterocycles. The van der Waals surface area contributed by atoms with Crippen LogP contribution in [-0.2, 0) is 9.53 Å². The molecule has 0 aromatic heterocycles. The molecule has 0 unspecified atom stereocenters. The molecule has 0 aromatic rings. The van der Waals surface area contributed by atoms with Gasteiger partial charge in [-0.1, -0.05) is 61.3 Å². The van der Waals surface area contributed by atoms with E-state index in [2.05, 4.69) is 48.5 Å². The summed E-state index contributed by atoms with van der Waals surface area (Å²) in [4.78, 5) is 12.9. The molecule has 0 saturated carbocycles. The lowest BCUT2D eigenvalue weighted by Crippen LogP contribution is -2.47. The maximum atomic E-state index is 12.9. The molecule has 120 valence electrons. The molecular formula is C18H36O2. The molecule has 0 rings (SSSR count). The molecule has 0 heterocycles. The zero-order valence-electron chi connectivity index (χ0n) is 14.8. The summed E-state index contributed by atoms with van der Waals surface area (Å²) >= 11 is 0. The van der Waals surface area contributed by atoms with E-state index in [0.29, 0.717) is 12.5 Å². The summed E-state index contributed by atoms with van der Waals surface area (Å²) < 4.78 is 5.68. The molecule has 20 heavy (non-hydrogen) atoms. The van der Waals surface area contributed by atoms with E-state index in [9.17, 15) is 4.79 Å². The Morgan fingerprint density at radius 3 is 1.75 bits per heavy atom. The normalized spacial score (nSPS) is 12.8. The van der Waals surface area contributed by atoms with Gasteiger partial charge < -0.3 is 4.74 Å². The van der Waals surface area contributed by atoms with Gasteiger partial charge in [0.25, 0.3) is 0 Å². The summed E-state index contributed by atoms with van der Waals surface area (Å²) in [5.74, 6) is 0.440. The number of esters is 1. The highest BCUT2D eigenvalue weighted by molar-refractivity contribution is 5.78. The molecule has 0 atom stereocenters. The van der Waals surface area contributed by atoms with Crippen LogP contribution in [0.3, 0.4) is 0 Å². The fraction of sp³-hybridized carbons (Fsp3) is 0.944. The van der Waals surface area contributed by atoms with Crippen molar-refractivity contribution in [1.29, 1.82) is 0 Å².